The number of hydrogen-bond acceptors (Lipinski definition) is 6. The number of esters is 1. The summed E-state index contributed by atoms with van der Waals surface area (Å²) in [6.07, 6.45) is 3.34. The molecule has 6 nitrogen and oxygen atoms in total. The van der Waals surface area contributed by atoms with Crippen LogP contribution in [0, 0.1) is 0 Å². The molecule has 0 bridgehead atoms. The van der Waals surface area contributed by atoms with Gasteiger partial charge in [-0.25, -0.2) is 13.2 Å². The molecule has 0 saturated heterocycles. The molecule has 0 saturated carbocycles. The molecule has 1 aliphatic rings. The Balaban J connectivity index is 1.81. The van der Waals surface area contributed by atoms with Crippen molar-refractivity contribution in [2.75, 3.05) is 17.7 Å². The molecule has 8 heteroatoms. The molecule has 0 spiro atoms. The lowest BCUT2D eigenvalue weighted by Crippen LogP contribution is -2.20. The maximum atomic E-state index is 12.5. The van der Waals surface area contributed by atoms with Crippen molar-refractivity contribution in [1.29, 1.82) is 0 Å². The van der Waals surface area contributed by atoms with Crippen LogP contribution in [0.15, 0.2) is 30.3 Å². The van der Waals surface area contributed by atoms with Gasteiger partial charge in [0.1, 0.15) is 5.00 Å². The van der Waals surface area contributed by atoms with Crippen LogP contribution in [0.2, 0.25) is 0 Å². The summed E-state index contributed by atoms with van der Waals surface area (Å²) in [5, 5.41) is 3.07. The van der Waals surface area contributed by atoms with Gasteiger partial charge in [-0.3, -0.25) is 4.79 Å². The monoisotopic (exact) mass is 461 g/mol. The van der Waals surface area contributed by atoms with Crippen LogP contribution in [0.25, 0.3) is 6.08 Å². The van der Waals surface area contributed by atoms with Crippen molar-refractivity contribution in [2.24, 2.45) is 0 Å². The zero-order valence-electron chi connectivity index (χ0n) is 18.2. The molecule has 1 aromatic heterocycles. The van der Waals surface area contributed by atoms with Gasteiger partial charge < -0.3 is 10.1 Å². The summed E-state index contributed by atoms with van der Waals surface area (Å²) in [5.74, 6) is -1.07. The Morgan fingerprint density at radius 1 is 1.19 bits per heavy atom. The van der Waals surface area contributed by atoms with Gasteiger partial charge in [0.15, 0.2) is 9.84 Å². The third kappa shape index (κ3) is 5.62. The second-order valence-electron chi connectivity index (χ2n) is 8.47. The molecule has 1 amide bonds. The summed E-state index contributed by atoms with van der Waals surface area (Å²) >= 11 is 1.13. The summed E-state index contributed by atoms with van der Waals surface area (Å²) in [6, 6.07) is 7.96. The molecule has 1 N–H and O–H groups in total. The van der Waals surface area contributed by atoms with Gasteiger partial charge in [0.2, 0.25) is 5.91 Å². The number of benzene rings is 1. The Labute approximate surface area is 187 Å². The second kappa shape index (κ2) is 8.96. The van der Waals surface area contributed by atoms with E-state index < -0.39 is 21.7 Å². The fourth-order valence-corrected chi connectivity index (χ4v) is 6.39. The van der Waals surface area contributed by atoms with E-state index in [1.165, 1.54) is 11.6 Å². The number of fused-ring (bicyclic) bond motifs is 1. The molecule has 2 aromatic rings. The van der Waals surface area contributed by atoms with Gasteiger partial charge in [-0.1, -0.05) is 45.0 Å². The van der Waals surface area contributed by atoms with E-state index in [1.807, 2.05) is 24.3 Å². The smallest absolute Gasteiger partial charge is 0.341 e. The van der Waals surface area contributed by atoms with E-state index in [2.05, 4.69) is 26.1 Å². The lowest BCUT2D eigenvalue weighted by molar-refractivity contribution is -0.111. The van der Waals surface area contributed by atoms with Crippen molar-refractivity contribution in [1.82, 2.24) is 0 Å². The number of carbonyl (C=O) groups excluding carboxylic acids is 2. The molecule has 1 aliphatic heterocycles. The minimum Gasteiger partial charge on any atom is -0.462 e. The number of sulfone groups is 1. The minimum absolute atomic E-state index is 0.0129. The fourth-order valence-electron chi connectivity index (χ4n) is 3.35. The first-order chi connectivity index (χ1) is 14.5. The SMILES string of the molecule is CCOC(=O)c1c(NC(=O)/C=C/c2ccc(C(C)(C)C)cc2)sc2c1CCS(=O)(=O)C2. The van der Waals surface area contributed by atoms with Gasteiger partial charge in [0, 0.05) is 11.0 Å². The third-order valence-electron chi connectivity index (χ3n) is 5.02. The van der Waals surface area contributed by atoms with E-state index in [1.54, 1.807) is 13.0 Å². The van der Waals surface area contributed by atoms with E-state index in [9.17, 15) is 18.0 Å². The molecule has 0 unspecified atom stereocenters. The van der Waals surface area contributed by atoms with Crippen LogP contribution >= 0.6 is 11.3 Å². The maximum absolute atomic E-state index is 12.5. The molecule has 3 rings (SSSR count). The van der Waals surface area contributed by atoms with Gasteiger partial charge >= 0.3 is 5.97 Å². The minimum atomic E-state index is -3.19. The standard InChI is InChI=1S/C23H27NO5S2/c1-5-29-22(26)20-17-12-13-31(27,28)14-18(17)30-21(20)24-19(25)11-8-15-6-9-16(10-7-15)23(2,3)4/h6-11H,5,12-14H2,1-4H3,(H,24,25)/b11-8+. The van der Waals surface area contributed by atoms with Crippen LogP contribution in [0.4, 0.5) is 5.00 Å². The topological polar surface area (TPSA) is 89.5 Å². The molecule has 0 atom stereocenters. The summed E-state index contributed by atoms with van der Waals surface area (Å²) < 4.78 is 29.1. The van der Waals surface area contributed by atoms with E-state index in [0.29, 0.717) is 15.4 Å². The van der Waals surface area contributed by atoms with Crippen molar-refractivity contribution >= 4 is 44.1 Å². The fraction of sp³-hybridized carbons (Fsp3) is 0.391. The van der Waals surface area contributed by atoms with Crippen LogP contribution in [-0.2, 0) is 37.0 Å². The lowest BCUT2D eigenvalue weighted by Gasteiger charge is -2.18. The quantitative estimate of drug-likeness (QED) is 0.528. The molecule has 0 radical (unpaired) electrons. The van der Waals surface area contributed by atoms with Crippen molar-refractivity contribution in [3.05, 3.63) is 57.5 Å². The third-order valence-corrected chi connectivity index (χ3v) is 7.91. The number of carbonyl (C=O) groups is 2. The second-order valence-corrected chi connectivity index (χ2v) is 11.8. The summed E-state index contributed by atoms with van der Waals surface area (Å²) in [7, 11) is -3.19. The first-order valence-corrected chi connectivity index (χ1v) is 12.8. The Kier molecular flexibility index (Phi) is 6.71. The molecule has 0 fully saturated rings. The number of hydrogen-bond donors (Lipinski definition) is 1. The van der Waals surface area contributed by atoms with E-state index in [0.717, 1.165) is 16.9 Å². The van der Waals surface area contributed by atoms with Crippen LogP contribution in [0.3, 0.4) is 0 Å². The first-order valence-electron chi connectivity index (χ1n) is 10.1. The van der Waals surface area contributed by atoms with Crippen molar-refractivity contribution < 1.29 is 22.7 Å². The highest BCUT2D eigenvalue weighted by atomic mass is 32.2. The van der Waals surface area contributed by atoms with Gasteiger partial charge in [-0.05, 0) is 41.5 Å². The number of amides is 1. The highest BCUT2D eigenvalue weighted by molar-refractivity contribution is 7.90. The Bertz CT molecular complexity index is 1120. The number of nitrogens with one attached hydrogen (secondary N) is 1. The Hall–Kier alpha value is -2.45. The van der Waals surface area contributed by atoms with E-state index in [-0.39, 0.29) is 35.5 Å². The van der Waals surface area contributed by atoms with Crippen LogP contribution < -0.4 is 5.32 Å². The zero-order valence-corrected chi connectivity index (χ0v) is 19.8. The van der Waals surface area contributed by atoms with Gasteiger partial charge in [-0.2, -0.15) is 0 Å². The largest absolute Gasteiger partial charge is 0.462 e. The number of rotatable bonds is 5. The average molecular weight is 462 g/mol. The van der Waals surface area contributed by atoms with Crippen molar-refractivity contribution in [3.8, 4) is 0 Å². The summed E-state index contributed by atoms with van der Waals surface area (Å²) in [6.45, 7) is 8.31. The predicted molar refractivity (Wildman–Crippen MR) is 124 cm³/mol. The van der Waals surface area contributed by atoms with Crippen LogP contribution in [0.5, 0.6) is 0 Å². The zero-order chi connectivity index (χ0) is 22.8. The Morgan fingerprint density at radius 3 is 2.48 bits per heavy atom. The van der Waals surface area contributed by atoms with Gasteiger partial charge in [0.25, 0.3) is 0 Å². The average Bonchev–Trinajstić information content (AvgIpc) is 3.01. The van der Waals surface area contributed by atoms with E-state index in [4.69, 9.17) is 4.74 Å². The van der Waals surface area contributed by atoms with Crippen LogP contribution in [-0.4, -0.2) is 32.7 Å². The molecule has 166 valence electrons. The molecular weight excluding hydrogens is 434 g/mol. The first kappa shape index (κ1) is 23.2. The van der Waals surface area contributed by atoms with Crippen molar-refractivity contribution in [2.45, 2.75) is 45.3 Å². The number of ether oxygens (including phenoxy) is 1. The highest BCUT2D eigenvalue weighted by Crippen LogP contribution is 2.38. The lowest BCUT2D eigenvalue weighted by atomic mass is 9.87. The molecule has 31 heavy (non-hydrogen) atoms. The van der Waals surface area contributed by atoms with E-state index >= 15 is 0 Å². The normalized spacial score (nSPS) is 15.5. The Morgan fingerprint density at radius 2 is 1.87 bits per heavy atom. The number of thiophene rings is 1. The predicted octanol–water partition coefficient (Wildman–Crippen LogP) is 4.35. The molecule has 2 heterocycles. The van der Waals surface area contributed by atoms with Gasteiger partial charge in [0.05, 0.1) is 23.7 Å². The summed E-state index contributed by atoms with van der Waals surface area (Å²) in [5.41, 5.74) is 3.07. The highest BCUT2D eigenvalue weighted by Gasteiger charge is 2.31. The maximum Gasteiger partial charge on any atom is 0.341 e. The molecular formula is C23H27NO5S2. The van der Waals surface area contributed by atoms with Crippen molar-refractivity contribution in [3.63, 3.8) is 0 Å². The summed E-state index contributed by atoms with van der Waals surface area (Å²) in [4.78, 5) is 25.6. The molecule has 0 aliphatic carbocycles. The molecule has 1 aromatic carbocycles. The van der Waals surface area contributed by atoms with Crippen LogP contribution in [0.1, 0.15) is 59.6 Å². The number of anilines is 1. The van der Waals surface area contributed by atoms with Gasteiger partial charge in [-0.15, -0.1) is 11.3 Å².